The molecule has 0 atom stereocenters. The molecular weight excluding hydrogens is 294 g/mol. The van der Waals surface area contributed by atoms with E-state index in [1.165, 1.54) is 6.07 Å². The van der Waals surface area contributed by atoms with Crippen LogP contribution in [0.4, 0.5) is 5.69 Å². The zero-order valence-electron chi connectivity index (χ0n) is 11.5. The van der Waals surface area contributed by atoms with Gasteiger partial charge in [-0.2, -0.15) is 0 Å². The minimum absolute atomic E-state index is 0.0161. The van der Waals surface area contributed by atoms with Crippen LogP contribution in [0.25, 0.3) is 0 Å². The number of aromatic nitrogens is 1. The summed E-state index contributed by atoms with van der Waals surface area (Å²) in [6.07, 6.45) is 6.71. The maximum Gasteiger partial charge on any atom is 0.288 e. The van der Waals surface area contributed by atoms with Gasteiger partial charge in [0.05, 0.1) is 10.5 Å². The SMILES string of the molecule is C=CCN(C(=O)c1cc([N+](=O)[O-])cnc1Cl)C1CCCC1. The van der Waals surface area contributed by atoms with Crippen molar-refractivity contribution in [3.63, 3.8) is 0 Å². The molecule has 0 saturated heterocycles. The Morgan fingerprint density at radius 1 is 1.57 bits per heavy atom. The first-order valence-corrected chi connectivity index (χ1v) is 7.14. The van der Waals surface area contributed by atoms with Crippen molar-refractivity contribution < 1.29 is 9.72 Å². The summed E-state index contributed by atoms with van der Waals surface area (Å²) >= 11 is 5.94. The number of halogens is 1. The van der Waals surface area contributed by atoms with Gasteiger partial charge in [-0.25, -0.2) is 4.98 Å². The lowest BCUT2D eigenvalue weighted by Gasteiger charge is -2.28. The standard InChI is InChI=1S/C14H16ClN3O3/c1-2-7-17(10-5-3-4-6-10)14(19)12-8-11(18(20)21)9-16-13(12)15/h2,8-10H,1,3-7H2. The van der Waals surface area contributed by atoms with Crippen molar-refractivity contribution in [3.05, 3.63) is 45.7 Å². The van der Waals surface area contributed by atoms with E-state index in [2.05, 4.69) is 11.6 Å². The van der Waals surface area contributed by atoms with E-state index in [-0.39, 0.29) is 28.4 Å². The molecule has 112 valence electrons. The lowest BCUT2D eigenvalue weighted by atomic mass is 10.1. The van der Waals surface area contributed by atoms with Gasteiger partial charge >= 0.3 is 0 Å². The van der Waals surface area contributed by atoms with Gasteiger partial charge in [0.15, 0.2) is 0 Å². The monoisotopic (exact) mass is 309 g/mol. The highest BCUT2D eigenvalue weighted by Gasteiger charge is 2.29. The second kappa shape index (κ2) is 6.67. The van der Waals surface area contributed by atoms with E-state index in [0.29, 0.717) is 6.54 Å². The number of pyridine rings is 1. The molecule has 1 aromatic rings. The topological polar surface area (TPSA) is 76.3 Å². The zero-order chi connectivity index (χ0) is 15.4. The van der Waals surface area contributed by atoms with Crippen molar-refractivity contribution in [1.82, 2.24) is 9.88 Å². The second-order valence-electron chi connectivity index (χ2n) is 4.97. The third-order valence-electron chi connectivity index (χ3n) is 3.62. The van der Waals surface area contributed by atoms with Gasteiger partial charge in [-0.05, 0) is 12.8 Å². The van der Waals surface area contributed by atoms with Crippen molar-refractivity contribution in [2.24, 2.45) is 0 Å². The van der Waals surface area contributed by atoms with Gasteiger partial charge in [0.2, 0.25) is 0 Å². The molecular formula is C14H16ClN3O3. The third-order valence-corrected chi connectivity index (χ3v) is 3.92. The molecule has 7 heteroatoms. The van der Waals surface area contributed by atoms with Crippen molar-refractivity contribution in [2.75, 3.05) is 6.54 Å². The summed E-state index contributed by atoms with van der Waals surface area (Å²) in [4.78, 5) is 28.3. The van der Waals surface area contributed by atoms with Crippen LogP contribution in [0.15, 0.2) is 24.9 Å². The molecule has 1 amide bonds. The first kappa shape index (κ1) is 15.4. The molecule has 0 aromatic carbocycles. The molecule has 1 aliphatic carbocycles. The highest BCUT2D eigenvalue weighted by molar-refractivity contribution is 6.32. The molecule has 0 bridgehead atoms. The maximum absolute atomic E-state index is 12.6. The highest BCUT2D eigenvalue weighted by atomic mass is 35.5. The lowest BCUT2D eigenvalue weighted by molar-refractivity contribution is -0.385. The maximum atomic E-state index is 12.6. The van der Waals surface area contributed by atoms with E-state index in [9.17, 15) is 14.9 Å². The minimum atomic E-state index is -0.590. The van der Waals surface area contributed by atoms with E-state index in [4.69, 9.17) is 11.6 Å². The third kappa shape index (κ3) is 3.39. The summed E-state index contributed by atoms with van der Waals surface area (Å²) in [5.41, 5.74) is -0.174. The number of nitro groups is 1. The summed E-state index contributed by atoms with van der Waals surface area (Å²) in [6, 6.07) is 1.31. The molecule has 1 saturated carbocycles. The van der Waals surface area contributed by atoms with Crippen molar-refractivity contribution in [1.29, 1.82) is 0 Å². The van der Waals surface area contributed by atoms with Crippen LogP contribution in [-0.2, 0) is 0 Å². The van der Waals surface area contributed by atoms with E-state index >= 15 is 0 Å². The molecule has 0 radical (unpaired) electrons. The molecule has 21 heavy (non-hydrogen) atoms. The quantitative estimate of drug-likeness (QED) is 0.362. The summed E-state index contributed by atoms with van der Waals surface area (Å²) < 4.78 is 0. The van der Waals surface area contributed by atoms with Crippen LogP contribution in [-0.4, -0.2) is 33.3 Å². The van der Waals surface area contributed by atoms with E-state index in [1.54, 1.807) is 11.0 Å². The molecule has 1 heterocycles. The van der Waals surface area contributed by atoms with Crippen LogP contribution >= 0.6 is 11.6 Å². The van der Waals surface area contributed by atoms with Gasteiger partial charge in [0.1, 0.15) is 11.3 Å². The Kier molecular flexibility index (Phi) is 4.90. The van der Waals surface area contributed by atoms with Crippen LogP contribution in [0.3, 0.4) is 0 Å². The molecule has 0 unspecified atom stereocenters. The van der Waals surface area contributed by atoms with Gasteiger partial charge < -0.3 is 4.90 Å². The Hall–Kier alpha value is -1.95. The van der Waals surface area contributed by atoms with Crippen molar-refractivity contribution >= 4 is 23.2 Å². The number of hydrogen-bond acceptors (Lipinski definition) is 4. The highest BCUT2D eigenvalue weighted by Crippen LogP contribution is 2.27. The van der Waals surface area contributed by atoms with Gasteiger partial charge in [-0.1, -0.05) is 30.5 Å². The second-order valence-corrected chi connectivity index (χ2v) is 5.33. The van der Waals surface area contributed by atoms with Gasteiger partial charge in [0, 0.05) is 18.7 Å². The van der Waals surface area contributed by atoms with E-state index in [1.807, 2.05) is 0 Å². The van der Waals surface area contributed by atoms with Crippen LogP contribution < -0.4 is 0 Å². The molecule has 0 spiro atoms. The Morgan fingerprint density at radius 2 is 2.24 bits per heavy atom. The van der Waals surface area contributed by atoms with E-state index in [0.717, 1.165) is 31.9 Å². The van der Waals surface area contributed by atoms with Crippen LogP contribution in [0, 0.1) is 10.1 Å². The largest absolute Gasteiger partial charge is 0.332 e. The van der Waals surface area contributed by atoms with Crippen molar-refractivity contribution in [2.45, 2.75) is 31.7 Å². The Balaban J connectivity index is 2.33. The molecule has 2 rings (SSSR count). The fourth-order valence-electron chi connectivity index (χ4n) is 2.59. The average Bonchev–Trinajstić information content (AvgIpc) is 2.98. The fraction of sp³-hybridized carbons (Fsp3) is 0.429. The summed E-state index contributed by atoms with van der Waals surface area (Å²) in [5, 5.41) is 10.8. The predicted molar refractivity (Wildman–Crippen MR) is 79.4 cm³/mol. The summed E-state index contributed by atoms with van der Waals surface area (Å²) in [6.45, 7) is 4.06. The Labute approximate surface area is 127 Å². The molecule has 1 aromatic heterocycles. The zero-order valence-corrected chi connectivity index (χ0v) is 12.3. The Bertz CT molecular complexity index is 571. The average molecular weight is 310 g/mol. The molecule has 1 aliphatic rings. The van der Waals surface area contributed by atoms with E-state index < -0.39 is 4.92 Å². The van der Waals surface area contributed by atoms with Crippen molar-refractivity contribution in [3.8, 4) is 0 Å². The smallest absolute Gasteiger partial charge is 0.288 e. The first-order chi connectivity index (χ1) is 10.0. The predicted octanol–water partition coefficient (Wildman–Crippen LogP) is 3.21. The van der Waals surface area contributed by atoms with Gasteiger partial charge in [-0.15, -0.1) is 6.58 Å². The van der Waals surface area contributed by atoms with Crippen LogP contribution in [0.5, 0.6) is 0 Å². The number of carbonyl (C=O) groups is 1. The van der Waals surface area contributed by atoms with Crippen LogP contribution in [0.1, 0.15) is 36.0 Å². The van der Waals surface area contributed by atoms with Gasteiger partial charge in [0.25, 0.3) is 11.6 Å². The van der Waals surface area contributed by atoms with Gasteiger partial charge in [-0.3, -0.25) is 14.9 Å². The normalized spacial score (nSPS) is 14.9. The summed E-state index contributed by atoms with van der Waals surface area (Å²) in [7, 11) is 0. The summed E-state index contributed by atoms with van der Waals surface area (Å²) in [5.74, 6) is -0.331. The number of amides is 1. The fourth-order valence-corrected chi connectivity index (χ4v) is 2.78. The molecule has 0 aliphatic heterocycles. The molecule has 1 fully saturated rings. The minimum Gasteiger partial charge on any atom is -0.332 e. The molecule has 6 nitrogen and oxygen atoms in total. The van der Waals surface area contributed by atoms with Crippen LogP contribution in [0.2, 0.25) is 5.15 Å². The Morgan fingerprint density at radius 3 is 2.81 bits per heavy atom. The lowest BCUT2D eigenvalue weighted by Crippen LogP contribution is -2.39. The molecule has 0 N–H and O–H groups in total. The number of rotatable bonds is 5. The number of nitrogens with zero attached hydrogens (tertiary/aromatic N) is 3. The number of carbonyl (C=O) groups excluding carboxylic acids is 1. The first-order valence-electron chi connectivity index (χ1n) is 6.76. The number of hydrogen-bond donors (Lipinski definition) is 0.